The Morgan fingerprint density at radius 2 is 2.16 bits per heavy atom. The van der Waals surface area contributed by atoms with E-state index in [2.05, 4.69) is 15.3 Å². The van der Waals surface area contributed by atoms with E-state index in [0.29, 0.717) is 18.8 Å². The Morgan fingerprint density at radius 1 is 1.32 bits per heavy atom. The minimum absolute atomic E-state index is 0.0894. The predicted octanol–water partition coefficient (Wildman–Crippen LogP) is 1.38. The lowest BCUT2D eigenvalue weighted by Crippen LogP contribution is -2.32. The largest absolute Gasteiger partial charge is 0.352 e. The number of hydrogen-bond donors (Lipinski definition) is 2. The van der Waals surface area contributed by atoms with Crippen LogP contribution in [0.2, 0.25) is 0 Å². The molecule has 2 N–H and O–H groups in total. The summed E-state index contributed by atoms with van der Waals surface area (Å²) >= 11 is 0. The quantitative estimate of drug-likeness (QED) is 0.879. The second-order valence-corrected chi connectivity index (χ2v) is 6.09. The molecule has 0 aliphatic carbocycles. The first kappa shape index (κ1) is 16.9. The third-order valence-electron chi connectivity index (χ3n) is 4.24. The van der Waals surface area contributed by atoms with E-state index in [1.807, 2.05) is 12.1 Å². The van der Waals surface area contributed by atoms with Gasteiger partial charge in [-0.15, -0.1) is 0 Å². The molecule has 0 bridgehead atoms. The summed E-state index contributed by atoms with van der Waals surface area (Å²) in [5.74, 6) is -0.280. The average molecular weight is 340 g/mol. The van der Waals surface area contributed by atoms with Crippen LogP contribution in [0.25, 0.3) is 0 Å². The number of carbonyl (C=O) groups is 2. The standard InChI is InChI=1S/C18H20N4O3/c1-12(23)19-10-13-7-8-14(20-11-13)16-5-3-9-22(16)18(25)15-4-2-6-17(24)21-15/h2,4,6-8,11,16H,3,5,9-10H2,1H3,(H,19,23)(H,21,24). The van der Waals surface area contributed by atoms with Gasteiger partial charge in [-0.2, -0.15) is 0 Å². The highest BCUT2D eigenvalue weighted by Gasteiger charge is 2.31. The molecule has 1 aliphatic rings. The van der Waals surface area contributed by atoms with Crippen LogP contribution in [0.15, 0.2) is 41.3 Å². The summed E-state index contributed by atoms with van der Waals surface area (Å²) in [6, 6.07) is 8.26. The van der Waals surface area contributed by atoms with Gasteiger partial charge in [0.05, 0.1) is 11.7 Å². The molecule has 130 valence electrons. The van der Waals surface area contributed by atoms with E-state index in [1.54, 1.807) is 23.2 Å². The smallest absolute Gasteiger partial charge is 0.270 e. The SMILES string of the molecule is CC(=O)NCc1ccc(C2CCCN2C(=O)c2cccc(=O)[nH]2)nc1. The second kappa shape index (κ2) is 7.29. The maximum absolute atomic E-state index is 12.7. The Labute approximate surface area is 145 Å². The molecule has 0 radical (unpaired) electrons. The van der Waals surface area contributed by atoms with Gasteiger partial charge in [0, 0.05) is 32.3 Å². The van der Waals surface area contributed by atoms with Gasteiger partial charge in [0.25, 0.3) is 5.91 Å². The molecule has 1 fully saturated rings. The average Bonchev–Trinajstić information content (AvgIpc) is 3.09. The first-order valence-corrected chi connectivity index (χ1v) is 8.24. The van der Waals surface area contributed by atoms with E-state index in [9.17, 15) is 14.4 Å². The zero-order valence-corrected chi connectivity index (χ0v) is 14.0. The molecule has 1 aliphatic heterocycles. The number of amides is 2. The molecule has 0 aromatic carbocycles. The van der Waals surface area contributed by atoms with Crippen LogP contribution in [0.3, 0.4) is 0 Å². The third-order valence-corrected chi connectivity index (χ3v) is 4.24. The van der Waals surface area contributed by atoms with Crippen molar-refractivity contribution in [3.8, 4) is 0 Å². The van der Waals surface area contributed by atoms with Crippen molar-refractivity contribution in [1.29, 1.82) is 0 Å². The van der Waals surface area contributed by atoms with Crippen molar-refractivity contribution in [1.82, 2.24) is 20.2 Å². The number of rotatable bonds is 4. The molecule has 7 heteroatoms. The van der Waals surface area contributed by atoms with Gasteiger partial charge in [0.1, 0.15) is 5.69 Å². The molecule has 1 unspecified atom stereocenters. The Bertz CT molecular complexity index is 829. The first-order valence-electron chi connectivity index (χ1n) is 8.24. The minimum Gasteiger partial charge on any atom is -0.352 e. The first-order chi connectivity index (χ1) is 12.0. The van der Waals surface area contributed by atoms with Crippen molar-refractivity contribution in [3.05, 3.63) is 63.8 Å². The van der Waals surface area contributed by atoms with Crippen LogP contribution in [0.4, 0.5) is 0 Å². The monoisotopic (exact) mass is 340 g/mol. The highest BCUT2D eigenvalue weighted by atomic mass is 16.2. The van der Waals surface area contributed by atoms with Gasteiger partial charge in [-0.05, 0) is 30.5 Å². The molecule has 0 saturated carbocycles. The van der Waals surface area contributed by atoms with Crippen molar-refractivity contribution >= 4 is 11.8 Å². The molecular weight excluding hydrogens is 320 g/mol. The molecular formula is C18H20N4O3. The number of likely N-dealkylation sites (tertiary alicyclic amines) is 1. The lowest BCUT2D eigenvalue weighted by atomic mass is 10.1. The molecule has 3 heterocycles. The summed E-state index contributed by atoms with van der Waals surface area (Å²) in [4.78, 5) is 43.9. The zero-order chi connectivity index (χ0) is 17.8. The summed E-state index contributed by atoms with van der Waals surface area (Å²) < 4.78 is 0. The summed E-state index contributed by atoms with van der Waals surface area (Å²) in [6.45, 7) is 2.54. The van der Waals surface area contributed by atoms with E-state index in [4.69, 9.17) is 0 Å². The van der Waals surface area contributed by atoms with Crippen molar-refractivity contribution in [2.45, 2.75) is 32.4 Å². The van der Waals surface area contributed by atoms with Gasteiger partial charge in [-0.3, -0.25) is 19.4 Å². The van der Waals surface area contributed by atoms with Crippen molar-refractivity contribution < 1.29 is 9.59 Å². The van der Waals surface area contributed by atoms with E-state index in [1.165, 1.54) is 13.0 Å². The van der Waals surface area contributed by atoms with Gasteiger partial charge < -0.3 is 15.2 Å². The highest BCUT2D eigenvalue weighted by Crippen LogP contribution is 2.31. The highest BCUT2D eigenvalue weighted by molar-refractivity contribution is 5.92. The summed E-state index contributed by atoms with van der Waals surface area (Å²) in [5, 5.41) is 2.73. The van der Waals surface area contributed by atoms with Gasteiger partial charge >= 0.3 is 0 Å². The van der Waals surface area contributed by atoms with E-state index < -0.39 is 0 Å². The number of hydrogen-bond acceptors (Lipinski definition) is 4. The molecule has 2 aromatic rings. The molecule has 1 saturated heterocycles. The van der Waals surface area contributed by atoms with E-state index >= 15 is 0 Å². The van der Waals surface area contributed by atoms with Gasteiger partial charge in [0.2, 0.25) is 11.5 Å². The fourth-order valence-electron chi connectivity index (χ4n) is 3.01. The lowest BCUT2D eigenvalue weighted by Gasteiger charge is -2.24. The number of aromatic amines is 1. The minimum atomic E-state index is -0.290. The van der Waals surface area contributed by atoms with E-state index in [0.717, 1.165) is 24.1 Å². The van der Waals surface area contributed by atoms with Crippen molar-refractivity contribution in [2.75, 3.05) is 6.54 Å². The van der Waals surface area contributed by atoms with Crippen LogP contribution in [0, 0.1) is 0 Å². The fraction of sp³-hybridized carbons (Fsp3) is 0.333. The van der Waals surface area contributed by atoms with Crippen LogP contribution < -0.4 is 10.9 Å². The van der Waals surface area contributed by atoms with Crippen LogP contribution in [-0.2, 0) is 11.3 Å². The topological polar surface area (TPSA) is 95.2 Å². The fourth-order valence-corrected chi connectivity index (χ4v) is 3.01. The number of carbonyl (C=O) groups excluding carboxylic acids is 2. The Kier molecular flexibility index (Phi) is 4.92. The molecule has 2 aromatic heterocycles. The number of pyridine rings is 2. The van der Waals surface area contributed by atoms with E-state index in [-0.39, 0.29) is 23.4 Å². The predicted molar refractivity (Wildman–Crippen MR) is 91.8 cm³/mol. The molecule has 0 spiro atoms. The summed E-state index contributed by atoms with van der Waals surface area (Å²) in [5.41, 5.74) is 1.72. The van der Waals surface area contributed by atoms with Crippen molar-refractivity contribution in [3.63, 3.8) is 0 Å². The Balaban J connectivity index is 1.76. The number of nitrogens with one attached hydrogen (secondary N) is 2. The summed E-state index contributed by atoms with van der Waals surface area (Å²) in [7, 11) is 0. The molecule has 3 rings (SSSR count). The zero-order valence-electron chi connectivity index (χ0n) is 14.0. The maximum atomic E-state index is 12.7. The van der Waals surface area contributed by atoms with Gasteiger partial charge in [0.15, 0.2) is 0 Å². The normalized spacial score (nSPS) is 16.7. The number of H-pyrrole nitrogens is 1. The Morgan fingerprint density at radius 3 is 2.84 bits per heavy atom. The second-order valence-electron chi connectivity index (χ2n) is 6.09. The third kappa shape index (κ3) is 3.93. The lowest BCUT2D eigenvalue weighted by molar-refractivity contribution is -0.119. The van der Waals surface area contributed by atoms with Crippen LogP contribution >= 0.6 is 0 Å². The molecule has 7 nitrogen and oxygen atoms in total. The Hall–Kier alpha value is -2.96. The van der Waals surface area contributed by atoms with Crippen LogP contribution in [0.1, 0.15) is 47.6 Å². The van der Waals surface area contributed by atoms with Gasteiger partial charge in [-0.1, -0.05) is 12.1 Å². The molecule has 2 amide bonds. The van der Waals surface area contributed by atoms with Crippen molar-refractivity contribution in [2.24, 2.45) is 0 Å². The molecule has 25 heavy (non-hydrogen) atoms. The molecule has 1 atom stereocenters. The van der Waals surface area contributed by atoms with Gasteiger partial charge in [-0.25, -0.2) is 0 Å². The van der Waals surface area contributed by atoms with Crippen LogP contribution in [-0.4, -0.2) is 33.2 Å². The number of aromatic nitrogens is 2. The summed E-state index contributed by atoms with van der Waals surface area (Å²) in [6.07, 6.45) is 3.44. The number of nitrogens with zero attached hydrogens (tertiary/aromatic N) is 2. The van der Waals surface area contributed by atoms with Crippen LogP contribution in [0.5, 0.6) is 0 Å². The maximum Gasteiger partial charge on any atom is 0.270 e.